The Balaban J connectivity index is 2.29. The zero-order chi connectivity index (χ0) is 12.3. The molecule has 0 saturated heterocycles. The minimum Gasteiger partial charge on any atom is -0.310 e. The molecule has 0 saturated carbocycles. The van der Waals surface area contributed by atoms with E-state index in [4.69, 9.17) is 0 Å². The molecule has 2 rings (SSSR count). The van der Waals surface area contributed by atoms with Crippen LogP contribution in [-0.4, -0.2) is 16.1 Å². The Labute approximate surface area is 110 Å². The average Bonchev–Trinajstić information content (AvgIpc) is 2.82. The Bertz CT molecular complexity index is 479. The van der Waals surface area contributed by atoms with E-state index in [9.17, 15) is 0 Å². The van der Waals surface area contributed by atoms with Gasteiger partial charge in [0.05, 0.1) is 6.33 Å². The van der Waals surface area contributed by atoms with E-state index in [1.165, 1.54) is 5.56 Å². The maximum Gasteiger partial charge on any atom is 0.0991 e. The number of nitrogens with zero attached hydrogens (tertiary/aromatic N) is 2. The van der Waals surface area contributed by atoms with Crippen LogP contribution in [0.5, 0.6) is 0 Å². The Hall–Kier alpha value is -1.13. The van der Waals surface area contributed by atoms with E-state index in [0.29, 0.717) is 6.04 Å². The van der Waals surface area contributed by atoms with E-state index in [1.54, 1.807) is 12.5 Å². The summed E-state index contributed by atoms with van der Waals surface area (Å²) in [6.45, 7) is 5.25. The smallest absolute Gasteiger partial charge is 0.0991 e. The quantitative estimate of drug-likeness (QED) is 0.937. The summed E-state index contributed by atoms with van der Waals surface area (Å²) in [5.74, 6) is 0. The average molecular weight is 294 g/mol. The molecule has 1 atom stereocenters. The lowest BCUT2D eigenvalue weighted by molar-refractivity contribution is 0.596. The molecular formula is C13H16BrN3. The van der Waals surface area contributed by atoms with E-state index in [1.807, 2.05) is 10.8 Å². The Kier molecular flexibility index (Phi) is 3.97. The normalized spacial score (nSPS) is 12.6. The van der Waals surface area contributed by atoms with Crippen molar-refractivity contribution >= 4 is 15.9 Å². The van der Waals surface area contributed by atoms with Crippen molar-refractivity contribution in [3.05, 3.63) is 47.0 Å². The molecule has 1 unspecified atom stereocenters. The van der Waals surface area contributed by atoms with Crippen molar-refractivity contribution in [3.63, 3.8) is 0 Å². The van der Waals surface area contributed by atoms with Gasteiger partial charge in [-0.3, -0.25) is 0 Å². The van der Waals surface area contributed by atoms with Gasteiger partial charge in [-0.1, -0.05) is 28.9 Å². The third-order valence-corrected chi connectivity index (χ3v) is 3.45. The SMILES string of the molecule is CCNC(C)c1ccc(-n2ccnc2)cc1Br. The summed E-state index contributed by atoms with van der Waals surface area (Å²) in [6, 6.07) is 6.72. The van der Waals surface area contributed by atoms with Crippen molar-refractivity contribution in [1.82, 2.24) is 14.9 Å². The van der Waals surface area contributed by atoms with Crippen LogP contribution in [0.15, 0.2) is 41.4 Å². The van der Waals surface area contributed by atoms with Gasteiger partial charge in [0.25, 0.3) is 0 Å². The molecule has 0 aliphatic rings. The molecule has 1 aromatic carbocycles. The zero-order valence-electron chi connectivity index (χ0n) is 10.0. The van der Waals surface area contributed by atoms with Gasteiger partial charge in [0, 0.05) is 28.6 Å². The molecule has 0 bridgehead atoms. The lowest BCUT2D eigenvalue weighted by Gasteiger charge is -2.15. The fourth-order valence-electron chi connectivity index (χ4n) is 1.86. The molecule has 3 nitrogen and oxygen atoms in total. The van der Waals surface area contributed by atoms with Gasteiger partial charge in [-0.25, -0.2) is 4.98 Å². The van der Waals surface area contributed by atoms with Crippen LogP contribution in [0.25, 0.3) is 5.69 Å². The maximum atomic E-state index is 4.05. The van der Waals surface area contributed by atoms with Crippen molar-refractivity contribution in [3.8, 4) is 5.69 Å². The molecule has 0 amide bonds. The first kappa shape index (κ1) is 12.3. The van der Waals surface area contributed by atoms with E-state index in [0.717, 1.165) is 16.7 Å². The van der Waals surface area contributed by atoms with Crippen LogP contribution < -0.4 is 5.32 Å². The van der Waals surface area contributed by atoms with Crippen LogP contribution in [0.2, 0.25) is 0 Å². The minimum atomic E-state index is 0.353. The van der Waals surface area contributed by atoms with Crippen molar-refractivity contribution in [1.29, 1.82) is 0 Å². The molecule has 1 aromatic heterocycles. The van der Waals surface area contributed by atoms with Crippen LogP contribution in [0.1, 0.15) is 25.5 Å². The Morgan fingerprint density at radius 3 is 2.88 bits per heavy atom. The van der Waals surface area contributed by atoms with Crippen LogP contribution >= 0.6 is 15.9 Å². The number of imidazole rings is 1. The van der Waals surface area contributed by atoms with E-state index >= 15 is 0 Å². The second-order valence-corrected chi connectivity index (χ2v) is 4.81. The molecule has 0 radical (unpaired) electrons. The van der Waals surface area contributed by atoms with Crippen molar-refractivity contribution in [2.75, 3.05) is 6.54 Å². The van der Waals surface area contributed by atoms with E-state index in [2.05, 4.69) is 58.3 Å². The van der Waals surface area contributed by atoms with E-state index in [-0.39, 0.29) is 0 Å². The third-order valence-electron chi connectivity index (χ3n) is 2.76. The number of benzene rings is 1. The molecule has 0 aliphatic carbocycles. The minimum absolute atomic E-state index is 0.353. The summed E-state index contributed by atoms with van der Waals surface area (Å²) in [7, 11) is 0. The first-order valence-electron chi connectivity index (χ1n) is 5.73. The van der Waals surface area contributed by atoms with Gasteiger partial charge >= 0.3 is 0 Å². The molecular weight excluding hydrogens is 278 g/mol. The van der Waals surface area contributed by atoms with Gasteiger partial charge in [0.15, 0.2) is 0 Å². The molecule has 0 aliphatic heterocycles. The van der Waals surface area contributed by atoms with Crippen molar-refractivity contribution < 1.29 is 0 Å². The van der Waals surface area contributed by atoms with Crippen LogP contribution in [-0.2, 0) is 0 Å². The summed E-state index contributed by atoms with van der Waals surface area (Å²) in [6.07, 6.45) is 5.52. The van der Waals surface area contributed by atoms with Gasteiger partial charge in [0.1, 0.15) is 0 Å². The van der Waals surface area contributed by atoms with Crippen molar-refractivity contribution in [2.24, 2.45) is 0 Å². The Morgan fingerprint density at radius 1 is 1.47 bits per heavy atom. The monoisotopic (exact) mass is 293 g/mol. The first-order chi connectivity index (χ1) is 8.22. The summed E-state index contributed by atoms with van der Waals surface area (Å²) in [5.41, 5.74) is 2.39. The zero-order valence-corrected chi connectivity index (χ0v) is 11.6. The van der Waals surface area contributed by atoms with Gasteiger partial charge in [-0.15, -0.1) is 0 Å². The molecule has 4 heteroatoms. The summed E-state index contributed by atoms with van der Waals surface area (Å²) >= 11 is 3.63. The number of nitrogens with one attached hydrogen (secondary N) is 1. The molecule has 1 heterocycles. The summed E-state index contributed by atoms with van der Waals surface area (Å²) in [5, 5.41) is 3.41. The molecule has 0 fully saturated rings. The predicted molar refractivity (Wildman–Crippen MR) is 73.4 cm³/mol. The number of hydrogen-bond acceptors (Lipinski definition) is 2. The lowest BCUT2D eigenvalue weighted by atomic mass is 10.1. The Morgan fingerprint density at radius 2 is 2.29 bits per heavy atom. The third kappa shape index (κ3) is 2.76. The van der Waals surface area contributed by atoms with Gasteiger partial charge in [0.2, 0.25) is 0 Å². The standard InChI is InChI=1S/C13H16BrN3/c1-3-16-10(2)12-5-4-11(8-13(12)14)17-7-6-15-9-17/h4-10,16H,3H2,1-2H3. The van der Waals surface area contributed by atoms with Gasteiger partial charge in [-0.05, 0) is 31.2 Å². The fraction of sp³-hybridized carbons (Fsp3) is 0.308. The second-order valence-electron chi connectivity index (χ2n) is 3.96. The highest BCUT2D eigenvalue weighted by molar-refractivity contribution is 9.10. The highest BCUT2D eigenvalue weighted by atomic mass is 79.9. The molecule has 1 N–H and O–H groups in total. The lowest BCUT2D eigenvalue weighted by Crippen LogP contribution is -2.18. The van der Waals surface area contributed by atoms with Crippen molar-refractivity contribution in [2.45, 2.75) is 19.9 Å². The van der Waals surface area contributed by atoms with Gasteiger partial charge < -0.3 is 9.88 Å². The highest BCUT2D eigenvalue weighted by Gasteiger charge is 2.08. The van der Waals surface area contributed by atoms with Crippen LogP contribution in [0, 0.1) is 0 Å². The molecule has 90 valence electrons. The largest absolute Gasteiger partial charge is 0.310 e. The predicted octanol–water partition coefficient (Wildman–Crippen LogP) is 3.31. The topological polar surface area (TPSA) is 29.9 Å². The summed E-state index contributed by atoms with van der Waals surface area (Å²) in [4.78, 5) is 4.05. The summed E-state index contributed by atoms with van der Waals surface area (Å²) < 4.78 is 3.11. The molecule has 2 aromatic rings. The number of halogens is 1. The fourth-order valence-corrected chi connectivity index (χ4v) is 2.57. The van der Waals surface area contributed by atoms with E-state index < -0.39 is 0 Å². The second kappa shape index (κ2) is 5.47. The van der Waals surface area contributed by atoms with Crippen LogP contribution in [0.4, 0.5) is 0 Å². The number of hydrogen-bond donors (Lipinski definition) is 1. The molecule has 0 spiro atoms. The highest BCUT2D eigenvalue weighted by Crippen LogP contribution is 2.25. The first-order valence-corrected chi connectivity index (χ1v) is 6.53. The molecule has 17 heavy (non-hydrogen) atoms. The van der Waals surface area contributed by atoms with Gasteiger partial charge in [-0.2, -0.15) is 0 Å². The maximum absolute atomic E-state index is 4.05. The number of aromatic nitrogens is 2. The number of rotatable bonds is 4. The van der Waals surface area contributed by atoms with Crippen LogP contribution in [0.3, 0.4) is 0 Å².